The van der Waals surface area contributed by atoms with Gasteiger partial charge in [0.2, 0.25) is 0 Å². The molecule has 1 unspecified atom stereocenters. The van der Waals surface area contributed by atoms with Crippen LogP contribution in [-0.2, 0) is 0 Å². The topological polar surface area (TPSA) is 42.2 Å². The highest BCUT2D eigenvalue weighted by Gasteiger charge is 2.20. The Kier molecular flexibility index (Phi) is 4.24. The van der Waals surface area contributed by atoms with Crippen LogP contribution in [0.15, 0.2) is 71.3 Å². The molecule has 1 heterocycles. The minimum Gasteiger partial charge on any atom is -0.459 e. The van der Waals surface area contributed by atoms with Gasteiger partial charge in [-0.25, -0.2) is 4.39 Å². The molecule has 0 radical (unpaired) electrons. The van der Waals surface area contributed by atoms with Gasteiger partial charge >= 0.3 is 0 Å². The summed E-state index contributed by atoms with van der Waals surface area (Å²) in [4.78, 5) is 12.5. The molecule has 0 spiro atoms. The Hall–Kier alpha value is -2.88. The quantitative estimate of drug-likeness (QED) is 0.783. The Morgan fingerprint density at radius 2 is 1.65 bits per heavy atom. The van der Waals surface area contributed by atoms with Crippen molar-refractivity contribution in [1.29, 1.82) is 0 Å². The number of aryl methyl sites for hydroxylation is 1. The van der Waals surface area contributed by atoms with Crippen molar-refractivity contribution < 1.29 is 13.6 Å². The van der Waals surface area contributed by atoms with Crippen LogP contribution < -0.4 is 5.32 Å². The normalized spacial score (nSPS) is 11.9. The van der Waals surface area contributed by atoms with Crippen LogP contribution in [0.4, 0.5) is 4.39 Å². The van der Waals surface area contributed by atoms with E-state index in [1.807, 2.05) is 37.3 Å². The summed E-state index contributed by atoms with van der Waals surface area (Å²) in [5, 5.41) is 2.96. The van der Waals surface area contributed by atoms with E-state index in [1.54, 1.807) is 18.2 Å². The van der Waals surface area contributed by atoms with Crippen molar-refractivity contribution in [2.24, 2.45) is 0 Å². The standard InChI is InChI=1S/C19H16FNO2/c1-13-11-12-23-18(13)19(22)21-17(14-5-3-2-4-6-14)15-7-9-16(20)10-8-15/h2-12,17H,1H3,(H,21,22). The molecule has 1 N–H and O–H groups in total. The largest absolute Gasteiger partial charge is 0.459 e. The van der Waals surface area contributed by atoms with E-state index in [9.17, 15) is 9.18 Å². The summed E-state index contributed by atoms with van der Waals surface area (Å²) in [6.45, 7) is 1.81. The lowest BCUT2D eigenvalue weighted by Gasteiger charge is -2.19. The predicted molar refractivity (Wildman–Crippen MR) is 85.6 cm³/mol. The van der Waals surface area contributed by atoms with Crippen molar-refractivity contribution in [3.8, 4) is 0 Å². The highest BCUT2D eigenvalue weighted by molar-refractivity contribution is 5.93. The van der Waals surface area contributed by atoms with Crippen molar-refractivity contribution in [2.75, 3.05) is 0 Å². The Labute approximate surface area is 133 Å². The maximum Gasteiger partial charge on any atom is 0.288 e. The Bertz CT molecular complexity index is 794. The number of hydrogen-bond donors (Lipinski definition) is 1. The molecule has 1 atom stereocenters. The maximum atomic E-state index is 13.2. The summed E-state index contributed by atoms with van der Waals surface area (Å²) in [6, 6.07) is 17.0. The van der Waals surface area contributed by atoms with E-state index >= 15 is 0 Å². The van der Waals surface area contributed by atoms with E-state index in [1.165, 1.54) is 18.4 Å². The zero-order valence-electron chi connectivity index (χ0n) is 12.6. The molecule has 3 rings (SSSR count). The molecule has 23 heavy (non-hydrogen) atoms. The second-order valence-electron chi connectivity index (χ2n) is 5.30. The van der Waals surface area contributed by atoms with Gasteiger partial charge in [-0.3, -0.25) is 4.79 Å². The minimum absolute atomic E-state index is 0.285. The van der Waals surface area contributed by atoms with Crippen molar-refractivity contribution in [3.63, 3.8) is 0 Å². The molecule has 3 nitrogen and oxygen atoms in total. The highest BCUT2D eigenvalue weighted by Crippen LogP contribution is 2.23. The van der Waals surface area contributed by atoms with Gasteiger partial charge in [0.05, 0.1) is 12.3 Å². The molecule has 1 amide bonds. The fourth-order valence-electron chi connectivity index (χ4n) is 2.46. The number of benzene rings is 2. The number of carbonyl (C=O) groups is 1. The van der Waals surface area contributed by atoms with E-state index in [0.717, 1.165) is 16.7 Å². The number of nitrogens with one attached hydrogen (secondary N) is 1. The molecule has 0 saturated carbocycles. The number of carbonyl (C=O) groups excluding carboxylic acids is 1. The first-order valence-electron chi connectivity index (χ1n) is 7.30. The average molecular weight is 309 g/mol. The van der Waals surface area contributed by atoms with Gasteiger partial charge in [0.15, 0.2) is 5.76 Å². The van der Waals surface area contributed by atoms with Gasteiger partial charge in [-0.15, -0.1) is 0 Å². The van der Waals surface area contributed by atoms with Gasteiger partial charge in [-0.05, 0) is 36.2 Å². The fraction of sp³-hybridized carbons (Fsp3) is 0.105. The molecule has 0 aliphatic rings. The lowest BCUT2D eigenvalue weighted by atomic mass is 9.98. The average Bonchev–Trinajstić information content (AvgIpc) is 3.00. The SMILES string of the molecule is Cc1ccoc1C(=O)NC(c1ccccc1)c1ccc(F)cc1. The molecule has 0 aliphatic carbocycles. The van der Waals surface area contributed by atoms with Gasteiger partial charge in [0, 0.05) is 5.56 Å². The van der Waals surface area contributed by atoms with Crippen molar-refractivity contribution >= 4 is 5.91 Å². The van der Waals surface area contributed by atoms with Gasteiger partial charge in [0.1, 0.15) is 5.82 Å². The molecular formula is C19H16FNO2. The first-order chi connectivity index (χ1) is 11.1. The number of furan rings is 1. The van der Waals surface area contributed by atoms with Crippen molar-refractivity contribution in [2.45, 2.75) is 13.0 Å². The van der Waals surface area contributed by atoms with Crippen LogP contribution in [0.1, 0.15) is 33.3 Å². The fourth-order valence-corrected chi connectivity index (χ4v) is 2.46. The molecule has 116 valence electrons. The Morgan fingerprint density at radius 1 is 1.00 bits per heavy atom. The first-order valence-corrected chi connectivity index (χ1v) is 7.30. The molecule has 2 aromatic carbocycles. The Morgan fingerprint density at radius 3 is 2.26 bits per heavy atom. The van der Waals surface area contributed by atoms with E-state index < -0.39 is 0 Å². The van der Waals surface area contributed by atoms with Crippen LogP contribution in [0, 0.1) is 12.7 Å². The molecule has 0 aliphatic heterocycles. The summed E-state index contributed by atoms with van der Waals surface area (Å²) in [5.41, 5.74) is 2.49. The van der Waals surface area contributed by atoms with Crippen molar-refractivity contribution in [1.82, 2.24) is 5.32 Å². The van der Waals surface area contributed by atoms with Crippen LogP contribution in [-0.4, -0.2) is 5.91 Å². The summed E-state index contributed by atoms with van der Waals surface area (Å²) in [5.74, 6) is -0.326. The minimum atomic E-state index is -0.381. The van der Waals surface area contributed by atoms with E-state index in [0.29, 0.717) is 0 Å². The number of halogens is 1. The molecular weight excluding hydrogens is 293 g/mol. The first kappa shape index (κ1) is 15.0. The lowest BCUT2D eigenvalue weighted by molar-refractivity contribution is 0.0914. The van der Waals surface area contributed by atoms with Crippen LogP contribution in [0.2, 0.25) is 0 Å². The summed E-state index contributed by atoms with van der Waals surface area (Å²) >= 11 is 0. The van der Waals surface area contributed by atoms with Gasteiger partial charge in [0.25, 0.3) is 5.91 Å². The Balaban J connectivity index is 1.94. The van der Waals surface area contributed by atoms with Crippen LogP contribution in [0.3, 0.4) is 0 Å². The molecule has 3 aromatic rings. The van der Waals surface area contributed by atoms with Crippen LogP contribution in [0.25, 0.3) is 0 Å². The number of amides is 1. The van der Waals surface area contributed by atoms with Crippen molar-refractivity contribution in [3.05, 3.63) is 95.2 Å². The lowest BCUT2D eigenvalue weighted by Crippen LogP contribution is -2.29. The van der Waals surface area contributed by atoms with E-state index in [2.05, 4.69) is 5.32 Å². The zero-order valence-corrected chi connectivity index (χ0v) is 12.6. The summed E-state index contributed by atoms with van der Waals surface area (Å²) < 4.78 is 18.4. The summed E-state index contributed by atoms with van der Waals surface area (Å²) in [7, 11) is 0. The van der Waals surface area contributed by atoms with E-state index in [4.69, 9.17) is 4.42 Å². The smallest absolute Gasteiger partial charge is 0.288 e. The number of hydrogen-bond acceptors (Lipinski definition) is 2. The second kappa shape index (κ2) is 6.48. The summed E-state index contributed by atoms with van der Waals surface area (Å²) in [6.07, 6.45) is 1.49. The molecule has 4 heteroatoms. The predicted octanol–water partition coefficient (Wildman–Crippen LogP) is 4.25. The maximum absolute atomic E-state index is 13.2. The van der Waals surface area contributed by atoms with Gasteiger partial charge in [-0.2, -0.15) is 0 Å². The molecule has 1 aromatic heterocycles. The molecule has 0 saturated heterocycles. The third-order valence-electron chi connectivity index (χ3n) is 3.68. The highest BCUT2D eigenvalue weighted by atomic mass is 19.1. The molecule has 0 bridgehead atoms. The van der Waals surface area contributed by atoms with E-state index in [-0.39, 0.29) is 23.5 Å². The van der Waals surface area contributed by atoms with Crippen LogP contribution >= 0.6 is 0 Å². The molecule has 0 fully saturated rings. The third-order valence-corrected chi connectivity index (χ3v) is 3.68. The van der Waals surface area contributed by atoms with Gasteiger partial charge in [-0.1, -0.05) is 42.5 Å². The third kappa shape index (κ3) is 3.31. The van der Waals surface area contributed by atoms with Gasteiger partial charge < -0.3 is 9.73 Å². The van der Waals surface area contributed by atoms with Crippen LogP contribution in [0.5, 0.6) is 0 Å². The zero-order chi connectivity index (χ0) is 16.2. The monoisotopic (exact) mass is 309 g/mol. The number of rotatable bonds is 4. The second-order valence-corrected chi connectivity index (χ2v) is 5.30.